The van der Waals surface area contributed by atoms with Gasteiger partial charge in [-0.25, -0.2) is 14.9 Å². The number of rotatable bonds is 18. The van der Waals surface area contributed by atoms with Gasteiger partial charge in [-0.15, -0.1) is 5.10 Å². The normalized spacial score (nSPS) is 14.7. The van der Waals surface area contributed by atoms with Crippen LogP contribution in [0, 0.1) is 17.1 Å². The lowest BCUT2D eigenvalue weighted by atomic mass is 9.75. The van der Waals surface area contributed by atoms with Crippen molar-refractivity contribution >= 4 is 34.8 Å². The topological polar surface area (TPSA) is 129 Å². The number of hydroxylamine groups is 1. The number of aryl methyl sites for hydroxylation is 1. The Bertz CT molecular complexity index is 2630. The van der Waals surface area contributed by atoms with Crippen LogP contribution in [0.15, 0.2) is 128 Å². The number of nitriles is 1. The summed E-state index contributed by atoms with van der Waals surface area (Å²) in [6.45, 7) is 0.535. The van der Waals surface area contributed by atoms with Crippen LogP contribution in [0.2, 0.25) is 0 Å². The summed E-state index contributed by atoms with van der Waals surface area (Å²) in [7, 11) is 0. The van der Waals surface area contributed by atoms with Crippen LogP contribution in [0.3, 0.4) is 0 Å². The molecule has 0 radical (unpaired) electrons. The number of amides is 2. The number of halogens is 4. The summed E-state index contributed by atoms with van der Waals surface area (Å²) in [6, 6.07) is 36.4. The first-order valence-electron chi connectivity index (χ1n) is 21.9. The molecule has 4 aromatic carbocycles. The van der Waals surface area contributed by atoms with Gasteiger partial charge in [0.15, 0.2) is 16.4 Å². The second-order valence-electron chi connectivity index (χ2n) is 16.5. The van der Waals surface area contributed by atoms with Crippen molar-refractivity contribution in [3.63, 3.8) is 0 Å². The van der Waals surface area contributed by atoms with Crippen molar-refractivity contribution in [1.82, 2.24) is 30.4 Å². The molecule has 0 atom stereocenters. The van der Waals surface area contributed by atoms with Gasteiger partial charge in [-0.3, -0.25) is 24.0 Å². The second kappa shape index (κ2) is 19.7. The maximum atomic E-state index is 15.8. The minimum Gasteiger partial charge on any atom is -0.329 e. The number of benzene rings is 4. The van der Waals surface area contributed by atoms with Gasteiger partial charge in [0.2, 0.25) is 5.91 Å². The number of carbonyl (C=O) groups excluding carboxylic acids is 2. The molecule has 1 spiro atoms. The molecule has 2 aromatic heterocycles. The molecule has 1 aliphatic heterocycles. The van der Waals surface area contributed by atoms with E-state index in [0.29, 0.717) is 49.6 Å². The number of hydrogen-bond donors (Lipinski definition) is 1. The quantitative estimate of drug-likeness (QED) is 0.0295. The third-order valence-corrected chi connectivity index (χ3v) is 12.8. The number of pyridine rings is 1. The predicted octanol–water partition coefficient (Wildman–Crippen LogP) is 10.2. The number of carbonyl (C=O) groups is 2. The van der Waals surface area contributed by atoms with Crippen LogP contribution >= 0.6 is 12.2 Å². The first-order chi connectivity index (χ1) is 31.9. The smallest absolute Gasteiger partial charge is 0.329 e. The number of nitrogens with zero attached hydrogens (tertiary/aromatic N) is 7. The Morgan fingerprint density at radius 2 is 1.45 bits per heavy atom. The fourth-order valence-corrected chi connectivity index (χ4v) is 9.16. The highest BCUT2D eigenvalue weighted by molar-refractivity contribution is 7.80. The maximum Gasteiger partial charge on any atom is 0.419 e. The highest BCUT2D eigenvalue weighted by atomic mass is 32.1. The molecule has 2 aliphatic rings. The number of aromatic nitrogens is 4. The van der Waals surface area contributed by atoms with E-state index in [1.54, 1.807) is 27.9 Å². The molecule has 0 unspecified atom stereocenters. The molecule has 2 fully saturated rings. The number of thiocarbonyl (C=S) groups is 1. The molecule has 8 rings (SSSR count). The maximum absolute atomic E-state index is 15.8. The van der Waals surface area contributed by atoms with E-state index >= 15 is 4.39 Å². The van der Waals surface area contributed by atoms with Crippen molar-refractivity contribution in [1.29, 1.82) is 5.26 Å². The monoisotopic (exact) mass is 914 g/mol. The Labute approximate surface area is 385 Å². The van der Waals surface area contributed by atoms with E-state index in [2.05, 4.69) is 20.8 Å². The van der Waals surface area contributed by atoms with Crippen LogP contribution in [-0.4, -0.2) is 47.3 Å². The van der Waals surface area contributed by atoms with Gasteiger partial charge >= 0.3 is 6.18 Å². The number of nitrogens with one attached hydrogen (secondary N) is 1. The highest BCUT2D eigenvalue weighted by Crippen LogP contribution is 2.47. The average molecular weight is 915 g/mol. The summed E-state index contributed by atoms with van der Waals surface area (Å²) < 4.78 is 58.8. The van der Waals surface area contributed by atoms with Crippen molar-refractivity contribution in [2.45, 2.75) is 94.6 Å². The van der Waals surface area contributed by atoms with Crippen LogP contribution in [0.25, 0.3) is 11.3 Å². The minimum absolute atomic E-state index is 0.0619. The Hall–Kier alpha value is -6.83. The lowest BCUT2D eigenvalue weighted by Gasteiger charge is -2.43. The van der Waals surface area contributed by atoms with E-state index < -0.39 is 40.3 Å². The molecular formula is C50H46F4N8O3S. The van der Waals surface area contributed by atoms with Crippen LogP contribution in [0.4, 0.5) is 23.2 Å². The van der Waals surface area contributed by atoms with E-state index in [-0.39, 0.29) is 28.8 Å². The zero-order valence-electron chi connectivity index (χ0n) is 35.9. The van der Waals surface area contributed by atoms with E-state index in [9.17, 15) is 28.0 Å². The van der Waals surface area contributed by atoms with Gasteiger partial charge in [0.05, 0.1) is 23.6 Å². The Morgan fingerprint density at radius 3 is 2.02 bits per heavy atom. The van der Waals surface area contributed by atoms with Crippen LogP contribution in [0.5, 0.6) is 0 Å². The van der Waals surface area contributed by atoms with Gasteiger partial charge in [0, 0.05) is 30.6 Å². The summed E-state index contributed by atoms with van der Waals surface area (Å²) >= 11 is 5.65. The largest absolute Gasteiger partial charge is 0.419 e. The molecule has 1 saturated carbocycles. The molecular weight excluding hydrogens is 869 g/mol. The molecule has 0 bridgehead atoms. The fourth-order valence-electron chi connectivity index (χ4n) is 8.73. The summed E-state index contributed by atoms with van der Waals surface area (Å²) in [4.78, 5) is 39.6. The summed E-state index contributed by atoms with van der Waals surface area (Å²) in [5, 5.41) is 17.6. The lowest BCUT2D eigenvalue weighted by molar-refractivity contribution is -0.143. The average Bonchev–Trinajstić information content (AvgIpc) is 3.88. The standard InChI is InChI=1S/C50H46F4N8O3S/c51-42-29-35(24-25-36(42)33-61-47(66)62(46(64)48(61)26-16-27-48)40-30-41(50(52,53)54)43(31-55)56-32-40)44-34-60(59-57-44)28-15-4-2-1-3-14-23-45(63)58-65-49(37-17-8-5-9-18-37,38-19-10-6-11-20-38)39-21-12-7-13-22-39/h5-13,17-22,24-25,29-30,32,34H,1-4,14-16,23,26-28,33H2,(H,58,63). The number of unbranched alkanes of at least 4 members (excludes halogenated alkanes) is 5. The highest BCUT2D eigenvalue weighted by Gasteiger charge is 2.59. The van der Waals surface area contributed by atoms with E-state index in [4.69, 9.17) is 17.1 Å². The molecule has 1 N–H and O–H groups in total. The van der Waals surface area contributed by atoms with Crippen molar-refractivity contribution < 1.29 is 32.0 Å². The molecule has 1 aliphatic carbocycles. The van der Waals surface area contributed by atoms with Crippen molar-refractivity contribution in [3.8, 4) is 17.3 Å². The van der Waals surface area contributed by atoms with Crippen molar-refractivity contribution in [2.75, 3.05) is 4.90 Å². The zero-order valence-corrected chi connectivity index (χ0v) is 36.7. The van der Waals surface area contributed by atoms with Crippen LogP contribution < -0.4 is 10.4 Å². The Kier molecular flexibility index (Phi) is 13.7. The molecule has 66 heavy (non-hydrogen) atoms. The number of alkyl halides is 3. The van der Waals surface area contributed by atoms with E-state index in [0.717, 1.165) is 66.3 Å². The van der Waals surface area contributed by atoms with Gasteiger partial charge in [-0.1, -0.05) is 134 Å². The minimum atomic E-state index is -4.88. The van der Waals surface area contributed by atoms with Gasteiger partial charge in [0.1, 0.15) is 23.1 Å². The third kappa shape index (κ3) is 9.31. The van der Waals surface area contributed by atoms with Crippen molar-refractivity contribution in [3.05, 3.63) is 167 Å². The summed E-state index contributed by atoms with van der Waals surface area (Å²) in [5.74, 6) is -1.26. The molecule has 3 heterocycles. The summed E-state index contributed by atoms with van der Waals surface area (Å²) in [5.41, 5.74) is 2.23. The van der Waals surface area contributed by atoms with Gasteiger partial charge in [-0.05, 0) is 73.1 Å². The lowest BCUT2D eigenvalue weighted by Crippen LogP contribution is -2.54. The van der Waals surface area contributed by atoms with E-state index in [1.165, 1.54) is 12.1 Å². The number of hydrogen-bond acceptors (Lipinski definition) is 8. The van der Waals surface area contributed by atoms with Crippen LogP contribution in [-0.2, 0) is 39.3 Å². The van der Waals surface area contributed by atoms with Crippen molar-refractivity contribution in [2.24, 2.45) is 0 Å². The first kappa shape index (κ1) is 45.7. The first-order valence-corrected chi connectivity index (χ1v) is 22.3. The second-order valence-corrected chi connectivity index (χ2v) is 16.9. The van der Waals surface area contributed by atoms with Gasteiger partial charge in [-0.2, -0.15) is 18.4 Å². The zero-order chi connectivity index (χ0) is 46.3. The molecule has 1 saturated heterocycles. The van der Waals surface area contributed by atoms with Gasteiger partial charge in [0.25, 0.3) is 5.91 Å². The molecule has 338 valence electrons. The molecule has 11 nitrogen and oxygen atoms in total. The molecule has 2 amide bonds. The SMILES string of the molecule is N#Cc1ncc(N2C(=O)C3(CCC3)N(Cc3ccc(-c4cn(CCCCCCCCC(=O)NOC(c5ccccc5)(c5ccccc5)c5ccccc5)nn4)cc3F)C2=S)cc1C(F)(F)F. The third-order valence-electron chi connectivity index (χ3n) is 12.4. The fraction of sp³-hybridized carbons (Fsp3) is 0.300. The molecule has 6 aromatic rings. The Morgan fingerprint density at radius 1 is 0.848 bits per heavy atom. The van der Waals surface area contributed by atoms with E-state index in [1.807, 2.05) is 91.0 Å². The van der Waals surface area contributed by atoms with Crippen LogP contribution in [0.1, 0.15) is 97.7 Å². The molecule has 16 heteroatoms. The predicted molar refractivity (Wildman–Crippen MR) is 242 cm³/mol. The van der Waals surface area contributed by atoms with Gasteiger partial charge < -0.3 is 4.90 Å². The number of anilines is 1. The Balaban J connectivity index is 0.799. The summed E-state index contributed by atoms with van der Waals surface area (Å²) in [6.07, 6.45) is 5.08.